The van der Waals surface area contributed by atoms with E-state index in [1.165, 1.54) is 18.4 Å². The maximum Gasteiger partial charge on any atom is 0.338 e. The topological polar surface area (TPSA) is 63.6 Å². The highest BCUT2D eigenvalue weighted by atomic mass is 79.9. The Morgan fingerprint density at radius 3 is 2.80 bits per heavy atom. The summed E-state index contributed by atoms with van der Waals surface area (Å²) < 4.78 is 5.55. The molecule has 0 aliphatic heterocycles. The van der Waals surface area contributed by atoms with E-state index < -0.39 is 5.97 Å². The van der Waals surface area contributed by atoms with E-state index in [0.29, 0.717) is 16.3 Å². The summed E-state index contributed by atoms with van der Waals surface area (Å²) in [5, 5.41) is 6.82. The molecule has 3 rings (SSSR count). The van der Waals surface area contributed by atoms with Crippen LogP contribution in [0.2, 0.25) is 0 Å². The van der Waals surface area contributed by atoms with Gasteiger partial charge < -0.3 is 4.74 Å². The van der Waals surface area contributed by atoms with Crippen molar-refractivity contribution in [1.82, 2.24) is 4.98 Å². The molecule has 2 aromatic carbocycles. The van der Waals surface area contributed by atoms with Gasteiger partial charge in [0.1, 0.15) is 0 Å². The fourth-order valence-corrected chi connectivity index (χ4v) is 3.31. The number of benzene rings is 2. The lowest BCUT2D eigenvalue weighted by Gasteiger charge is -2.05. The fraction of sp³-hybridized carbons (Fsp3) is 0.0556. The van der Waals surface area contributed by atoms with Crippen LogP contribution in [0, 0.1) is 0 Å². The summed E-state index contributed by atoms with van der Waals surface area (Å²) in [6.45, 7) is 0. The molecule has 0 fully saturated rings. The molecular weight excluding hydrogens is 402 g/mol. The Morgan fingerprint density at radius 2 is 2.04 bits per heavy atom. The standard InChI is InChI=1S/C18H14BrN3O2S/c1-24-17(23)13-8-5-9-15(19)14(13)10-20-22-18-21-16(11-25-18)12-6-3-2-4-7-12/h2-11H,1H3,(H,21,22). The van der Waals surface area contributed by atoms with Crippen LogP contribution >= 0.6 is 27.3 Å². The Bertz CT molecular complexity index is 910. The zero-order valence-corrected chi connectivity index (χ0v) is 15.7. The lowest BCUT2D eigenvalue weighted by molar-refractivity contribution is 0.0600. The molecule has 7 heteroatoms. The largest absolute Gasteiger partial charge is 0.465 e. The van der Waals surface area contributed by atoms with E-state index in [-0.39, 0.29) is 0 Å². The lowest BCUT2D eigenvalue weighted by atomic mass is 10.1. The molecule has 5 nitrogen and oxygen atoms in total. The number of aromatic nitrogens is 1. The van der Waals surface area contributed by atoms with Gasteiger partial charge in [0.05, 0.1) is 24.6 Å². The van der Waals surface area contributed by atoms with Crippen LogP contribution in [-0.4, -0.2) is 24.3 Å². The average Bonchev–Trinajstić information content (AvgIpc) is 3.12. The van der Waals surface area contributed by atoms with Crippen LogP contribution in [-0.2, 0) is 4.74 Å². The number of esters is 1. The summed E-state index contributed by atoms with van der Waals surface area (Å²) in [6, 6.07) is 15.2. The molecule has 25 heavy (non-hydrogen) atoms. The van der Waals surface area contributed by atoms with E-state index in [2.05, 4.69) is 31.4 Å². The van der Waals surface area contributed by atoms with Gasteiger partial charge in [-0.15, -0.1) is 11.3 Å². The monoisotopic (exact) mass is 415 g/mol. The molecule has 0 radical (unpaired) electrons. The van der Waals surface area contributed by atoms with E-state index >= 15 is 0 Å². The molecular formula is C18H14BrN3O2S. The second kappa shape index (κ2) is 8.04. The first-order chi connectivity index (χ1) is 12.2. The minimum absolute atomic E-state index is 0.414. The minimum atomic E-state index is -0.414. The number of hydrogen-bond donors (Lipinski definition) is 1. The first kappa shape index (κ1) is 17.3. The lowest BCUT2D eigenvalue weighted by Crippen LogP contribution is -2.06. The van der Waals surface area contributed by atoms with Crippen LogP contribution in [0.5, 0.6) is 0 Å². The third-order valence-electron chi connectivity index (χ3n) is 3.39. The number of carbonyl (C=O) groups excluding carboxylic acids is 1. The first-order valence-electron chi connectivity index (χ1n) is 7.36. The summed E-state index contributed by atoms with van der Waals surface area (Å²) in [5.74, 6) is -0.414. The summed E-state index contributed by atoms with van der Waals surface area (Å²) in [4.78, 5) is 16.3. The summed E-state index contributed by atoms with van der Waals surface area (Å²) >= 11 is 4.89. The maximum atomic E-state index is 11.8. The number of halogens is 1. The zero-order valence-electron chi connectivity index (χ0n) is 13.3. The number of rotatable bonds is 5. The summed E-state index contributed by atoms with van der Waals surface area (Å²) in [7, 11) is 1.35. The van der Waals surface area contributed by atoms with E-state index in [9.17, 15) is 4.79 Å². The van der Waals surface area contributed by atoms with E-state index in [1.54, 1.807) is 18.3 Å². The molecule has 0 spiro atoms. The van der Waals surface area contributed by atoms with Crippen molar-refractivity contribution in [2.24, 2.45) is 5.10 Å². The van der Waals surface area contributed by atoms with Crippen LogP contribution in [0.4, 0.5) is 5.13 Å². The number of hydrogen-bond acceptors (Lipinski definition) is 6. The van der Waals surface area contributed by atoms with Crippen molar-refractivity contribution in [3.63, 3.8) is 0 Å². The van der Waals surface area contributed by atoms with Crippen molar-refractivity contribution in [2.45, 2.75) is 0 Å². The average molecular weight is 416 g/mol. The molecule has 0 saturated carbocycles. The number of hydrazone groups is 1. The summed E-state index contributed by atoms with van der Waals surface area (Å²) in [5.41, 5.74) is 5.91. The highest BCUT2D eigenvalue weighted by Gasteiger charge is 2.12. The number of nitrogens with zero attached hydrogens (tertiary/aromatic N) is 2. The van der Waals surface area contributed by atoms with Crippen molar-refractivity contribution in [2.75, 3.05) is 12.5 Å². The van der Waals surface area contributed by atoms with Crippen LogP contribution in [0.1, 0.15) is 15.9 Å². The molecule has 0 atom stereocenters. The second-order valence-corrected chi connectivity index (χ2v) is 6.68. The molecule has 126 valence electrons. The van der Waals surface area contributed by atoms with Gasteiger partial charge in [-0.05, 0) is 12.1 Å². The van der Waals surface area contributed by atoms with Crippen molar-refractivity contribution in [1.29, 1.82) is 0 Å². The molecule has 0 unspecified atom stereocenters. The third-order valence-corrected chi connectivity index (χ3v) is 4.82. The number of anilines is 1. The van der Waals surface area contributed by atoms with Crippen LogP contribution < -0.4 is 5.43 Å². The SMILES string of the molecule is COC(=O)c1cccc(Br)c1C=NNc1nc(-c2ccccc2)cs1. The molecule has 0 aliphatic rings. The number of ether oxygens (including phenoxy) is 1. The van der Waals surface area contributed by atoms with Crippen LogP contribution in [0.25, 0.3) is 11.3 Å². The van der Waals surface area contributed by atoms with Crippen LogP contribution in [0.3, 0.4) is 0 Å². The van der Waals surface area contributed by atoms with Gasteiger partial charge in [0.2, 0.25) is 5.13 Å². The van der Waals surface area contributed by atoms with Crippen molar-refractivity contribution < 1.29 is 9.53 Å². The Kier molecular flexibility index (Phi) is 5.57. The molecule has 3 aromatic rings. The molecule has 0 saturated heterocycles. The maximum absolute atomic E-state index is 11.8. The molecule has 1 N–H and O–H groups in total. The third kappa shape index (κ3) is 4.12. The van der Waals surface area contributed by atoms with Crippen molar-refractivity contribution in [3.05, 3.63) is 69.5 Å². The minimum Gasteiger partial charge on any atom is -0.465 e. The molecule has 0 aliphatic carbocycles. The van der Waals surface area contributed by atoms with E-state index in [1.807, 2.05) is 41.8 Å². The number of nitrogens with one attached hydrogen (secondary N) is 1. The predicted molar refractivity (Wildman–Crippen MR) is 104 cm³/mol. The quantitative estimate of drug-likeness (QED) is 0.369. The number of thiazole rings is 1. The number of carbonyl (C=O) groups is 1. The Morgan fingerprint density at radius 1 is 1.24 bits per heavy atom. The van der Waals surface area contributed by atoms with Crippen molar-refractivity contribution >= 4 is 44.6 Å². The van der Waals surface area contributed by atoms with Gasteiger partial charge in [0.15, 0.2) is 0 Å². The van der Waals surface area contributed by atoms with Gasteiger partial charge in [0, 0.05) is 21.0 Å². The first-order valence-corrected chi connectivity index (χ1v) is 9.03. The smallest absolute Gasteiger partial charge is 0.338 e. The predicted octanol–water partition coefficient (Wildman–Crippen LogP) is 4.81. The molecule has 1 heterocycles. The second-order valence-electron chi connectivity index (χ2n) is 4.97. The van der Waals surface area contributed by atoms with Crippen molar-refractivity contribution in [3.8, 4) is 11.3 Å². The zero-order chi connectivity index (χ0) is 17.6. The molecule has 0 bridgehead atoms. The Labute approximate surface area is 157 Å². The Hall–Kier alpha value is -2.51. The van der Waals surface area contributed by atoms with Gasteiger partial charge >= 0.3 is 5.97 Å². The number of methoxy groups -OCH3 is 1. The normalized spacial score (nSPS) is 10.8. The fourth-order valence-electron chi connectivity index (χ4n) is 2.17. The van der Waals surface area contributed by atoms with Gasteiger partial charge in [-0.25, -0.2) is 9.78 Å². The van der Waals surface area contributed by atoms with E-state index in [4.69, 9.17) is 4.74 Å². The summed E-state index contributed by atoms with van der Waals surface area (Å²) in [6.07, 6.45) is 1.57. The van der Waals surface area contributed by atoms with Gasteiger partial charge in [-0.1, -0.05) is 52.3 Å². The highest BCUT2D eigenvalue weighted by Crippen LogP contribution is 2.25. The van der Waals surface area contributed by atoms with Crippen LogP contribution in [0.15, 0.2) is 63.5 Å². The van der Waals surface area contributed by atoms with Gasteiger partial charge in [-0.2, -0.15) is 5.10 Å². The van der Waals surface area contributed by atoms with Gasteiger partial charge in [0.25, 0.3) is 0 Å². The highest BCUT2D eigenvalue weighted by molar-refractivity contribution is 9.10. The van der Waals surface area contributed by atoms with E-state index in [0.717, 1.165) is 15.7 Å². The molecule has 1 aromatic heterocycles. The Balaban J connectivity index is 1.77. The van der Waals surface area contributed by atoms with Gasteiger partial charge in [-0.3, -0.25) is 5.43 Å². The molecule has 0 amide bonds.